The van der Waals surface area contributed by atoms with Gasteiger partial charge >= 0.3 is 0 Å². The van der Waals surface area contributed by atoms with E-state index in [-0.39, 0.29) is 4.28 Å². The molecule has 0 aliphatic carbocycles. The molecule has 0 amide bonds. The van der Waals surface area contributed by atoms with Gasteiger partial charge in [-0.25, -0.2) is 0 Å². The standard InChI is InChI=1S/C5H12N2.3H2/c6-5-2-1-3-7-4-5;;;/h5,7H,1-4,6H2;3*1H. The predicted octanol–water partition coefficient (Wildman–Crippen LogP) is 0.435. The fourth-order valence-corrected chi connectivity index (χ4v) is 0.879. The van der Waals surface area contributed by atoms with Crippen LogP contribution in [0, 0.1) is 0 Å². The predicted molar refractivity (Wildman–Crippen MR) is 36.4 cm³/mol. The van der Waals surface area contributed by atoms with Crippen molar-refractivity contribution in [3.8, 4) is 0 Å². The topological polar surface area (TPSA) is 38.0 Å². The maximum atomic E-state index is 5.57. The van der Waals surface area contributed by atoms with Crippen LogP contribution in [0.2, 0.25) is 0 Å². The molecule has 1 aliphatic rings. The Labute approximate surface area is 48.5 Å². The van der Waals surface area contributed by atoms with Gasteiger partial charge < -0.3 is 11.1 Å². The van der Waals surface area contributed by atoms with E-state index >= 15 is 0 Å². The van der Waals surface area contributed by atoms with Crippen LogP contribution in [-0.4, -0.2) is 19.1 Å². The molecule has 2 heteroatoms. The van der Waals surface area contributed by atoms with Gasteiger partial charge in [-0.3, -0.25) is 0 Å². The third kappa shape index (κ3) is 1.45. The lowest BCUT2D eigenvalue weighted by atomic mass is 10.1. The highest BCUT2D eigenvalue weighted by molar-refractivity contribution is 4.69. The molecule has 0 aromatic carbocycles. The van der Waals surface area contributed by atoms with Crippen molar-refractivity contribution in [2.75, 3.05) is 13.1 Å². The SMILES string of the molecule is NC1CCCNC1.[HH].[HH].[HH]. The molecule has 1 fully saturated rings. The second kappa shape index (κ2) is 2.28. The van der Waals surface area contributed by atoms with Crippen molar-refractivity contribution < 1.29 is 4.28 Å². The Morgan fingerprint density at radius 1 is 1.71 bits per heavy atom. The Morgan fingerprint density at radius 3 is 2.86 bits per heavy atom. The van der Waals surface area contributed by atoms with E-state index in [9.17, 15) is 0 Å². The van der Waals surface area contributed by atoms with Gasteiger partial charge in [0.1, 0.15) is 0 Å². The summed E-state index contributed by atoms with van der Waals surface area (Å²) in [6.45, 7) is 2.17. The number of rotatable bonds is 0. The molecule has 1 saturated heterocycles. The van der Waals surface area contributed by atoms with Crippen molar-refractivity contribution >= 4 is 0 Å². The fraction of sp³-hybridized carbons (Fsp3) is 1.00. The lowest BCUT2D eigenvalue weighted by molar-refractivity contribution is 0.459. The third-order valence-corrected chi connectivity index (χ3v) is 1.33. The van der Waals surface area contributed by atoms with Crippen LogP contribution in [0.4, 0.5) is 0 Å². The van der Waals surface area contributed by atoms with E-state index in [1.165, 1.54) is 12.8 Å². The molecule has 48 valence electrons. The zero-order valence-corrected chi connectivity index (χ0v) is 4.48. The molecule has 1 atom stereocenters. The van der Waals surface area contributed by atoms with Crippen molar-refractivity contribution in [2.24, 2.45) is 5.73 Å². The molecule has 1 unspecified atom stereocenters. The van der Waals surface area contributed by atoms with Crippen LogP contribution in [0.5, 0.6) is 0 Å². The van der Waals surface area contributed by atoms with Crippen LogP contribution < -0.4 is 11.1 Å². The summed E-state index contributed by atoms with van der Waals surface area (Å²) in [5.74, 6) is 0. The molecule has 0 aromatic rings. The molecule has 7 heavy (non-hydrogen) atoms. The number of hydrogen-bond acceptors (Lipinski definition) is 2. The average Bonchev–Trinajstić information content (AvgIpc) is 1.69. The first kappa shape index (κ1) is 5.06. The van der Waals surface area contributed by atoms with Crippen LogP contribution in [0.3, 0.4) is 0 Å². The summed E-state index contributed by atoms with van der Waals surface area (Å²) < 4.78 is 0. The minimum atomic E-state index is 0. The molecule has 2 nitrogen and oxygen atoms in total. The van der Waals surface area contributed by atoms with E-state index in [4.69, 9.17) is 5.73 Å². The molecular weight excluding hydrogens is 88.1 g/mol. The summed E-state index contributed by atoms with van der Waals surface area (Å²) in [7, 11) is 0. The molecule has 1 aliphatic heterocycles. The van der Waals surface area contributed by atoms with Crippen molar-refractivity contribution in [3.63, 3.8) is 0 Å². The quantitative estimate of drug-likeness (QED) is 0.470. The van der Waals surface area contributed by atoms with Gasteiger partial charge in [-0.05, 0) is 19.4 Å². The Morgan fingerprint density at radius 2 is 2.57 bits per heavy atom. The van der Waals surface area contributed by atoms with Gasteiger partial charge in [-0.2, -0.15) is 0 Å². The summed E-state index contributed by atoms with van der Waals surface area (Å²) in [4.78, 5) is 0. The highest BCUT2D eigenvalue weighted by atomic mass is 14.9. The van der Waals surface area contributed by atoms with Crippen molar-refractivity contribution in [1.29, 1.82) is 0 Å². The van der Waals surface area contributed by atoms with Crippen LogP contribution in [0.15, 0.2) is 0 Å². The van der Waals surface area contributed by atoms with E-state index in [2.05, 4.69) is 5.32 Å². The van der Waals surface area contributed by atoms with Gasteiger partial charge in [0.25, 0.3) is 0 Å². The maximum Gasteiger partial charge on any atom is 0.0165 e. The van der Waals surface area contributed by atoms with Gasteiger partial charge in [0.05, 0.1) is 0 Å². The second-order valence-electron chi connectivity index (χ2n) is 2.11. The minimum absolute atomic E-state index is 0. The first-order chi connectivity index (χ1) is 3.39. The highest BCUT2D eigenvalue weighted by Crippen LogP contribution is 1.96. The molecule has 0 radical (unpaired) electrons. The fourth-order valence-electron chi connectivity index (χ4n) is 0.879. The zero-order chi connectivity index (χ0) is 5.11. The highest BCUT2D eigenvalue weighted by Gasteiger charge is 2.05. The van der Waals surface area contributed by atoms with Crippen molar-refractivity contribution in [2.45, 2.75) is 18.9 Å². The van der Waals surface area contributed by atoms with Gasteiger partial charge in [-0.1, -0.05) is 0 Å². The second-order valence-corrected chi connectivity index (χ2v) is 2.11. The number of hydrogen-bond donors (Lipinski definition) is 2. The number of piperidine rings is 1. The van der Waals surface area contributed by atoms with E-state index < -0.39 is 0 Å². The average molecular weight is 106 g/mol. The summed E-state index contributed by atoms with van der Waals surface area (Å²) >= 11 is 0. The van der Waals surface area contributed by atoms with Crippen LogP contribution in [0.1, 0.15) is 17.1 Å². The van der Waals surface area contributed by atoms with Gasteiger partial charge in [-0.15, -0.1) is 0 Å². The van der Waals surface area contributed by atoms with Crippen LogP contribution in [0.25, 0.3) is 0 Å². The first-order valence-electron chi connectivity index (χ1n) is 2.86. The summed E-state index contributed by atoms with van der Waals surface area (Å²) in [6.07, 6.45) is 2.45. The van der Waals surface area contributed by atoms with Crippen molar-refractivity contribution in [1.82, 2.24) is 5.32 Å². The largest absolute Gasteiger partial charge is 0.327 e. The maximum absolute atomic E-state index is 5.57. The van der Waals surface area contributed by atoms with Crippen molar-refractivity contribution in [3.05, 3.63) is 0 Å². The molecule has 0 spiro atoms. The molecule has 1 rings (SSSR count). The minimum Gasteiger partial charge on any atom is -0.327 e. The van der Waals surface area contributed by atoms with E-state index in [0.29, 0.717) is 6.04 Å². The Bertz CT molecular complexity index is 56.9. The summed E-state index contributed by atoms with van der Waals surface area (Å²) in [5, 5.41) is 3.21. The smallest absolute Gasteiger partial charge is 0.0165 e. The molecular formula is C5H18N2. The monoisotopic (exact) mass is 106 g/mol. The third-order valence-electron chi connectivity index (χ3n) is 1.33. The molecule has 0 saturated carbocycles. The Hall–Kier alpha value is -0.0800. The van der Waals surface area contributed by atoms with E-state index in [1.807, 2.05) is 0 Å². The number of nitrogens with two attached hydrogens (primary N) is 1. The molecule has 0 bridgehead atoms. The van der Waals surface area contributed by atoms with Crippen LogP contribution >= 0.6 is 0 Å². The van der Waals surface area contributed by atoms with E-state index in [1.54, 1.807) is 0 Å². The molecule has 3 N–H and O–H groups in total. The number of nitrogens with one attached hydrogen (secondary N) is 1. The van der Waals surface area contributed by atoms with E-state index in [0.717, 1.165) is 13.1 Å². The normalized spacial score (nSPS) is 33.0. The summed E-state index contributed by atoms with van der Waals surface area (Å²) in [5.41, 5.74) is 5.57. The first-order valence-corrected chi connectivity index (χ1v) is 2.86. The van der Waals surface area contributed by atoms with Gasteiger partial charge in [0, 0.05) is 16.9 Å². The molecule has 0 aromatic heterocycles. The van der Waals surface area contributed by atoms with Gasteiger partial charge in [0.15, 0.2) is 0 Å². The van der Waals surface area contributed by atoms with Gasteiger partial charge in [0.2, 0.25) is 0 Å². The Kier molecular flexibility index (Phi) is 1.65. The van der Waals surface area contributed by atoms with Crippen LogP contribution in [-0.2, 0) is 0 Å². The lowest BCUT2D eigenvalue weighted by Crippen LogP contribution is -2.39. The lowest BCUT2D eigenvalue weighted by Gasteiger charge is -2.17. The molecule has 1 heterocycles. The zero-order valence-electron chi connectivity index (χ0n) is 4.48. The Balaban J connectivity index is -0.000000163. The summed E-state index contributed by atoms with van der Waals surface area (Å²) in [6, 6.07) is 0.425.